The van der Waals surface area contributed by atoms with Gasteiger partial charge in [0.1, 0.15) is 5.75 Å². The molecule has 0 atom stereocenters. The molecule has 0 bridgehead atoms. The lowest BCUT2D eigenvalue weighted by atomic mass is 10.2. The first-order chi connectivity index (χ1) is 6.90. The van der Waals surface area contributed by atoms with E-state index in [4.69, 9.17) is 4.74 Å². The van der Waals surface area contributed by atoms with Crippen molar-refractivity contribution in [3.8, 4) is 5.75 Å². The second kappa shape index (κ2) is 4.01. The number of hydrogen-bond acceptors (Lipinski definition) is 1. The Kier molecular flexibility index (Phi) is 2.54. The molecule has 2 heteroatoms. The van der Waals surface area contributed by atoms with Crippen molar-refractivity contribution >= 4 is 10.9 Å². The topological polar surface area (TPSA) is 25.0 Å². The van der Waals surface area contributed by atoms with E-state index in [-0.39, 0.29) is 0 Å². The van der Waals surface area contributed by atoms with Crippen LogP contribution in [0.5, 0.6) is 5.75 Å². The van der Waals surface area contributed by atoms with Gasteiger partial charge in [0.25, 0.3) is 0 Å². The van der Waals surface area contributed by atoms with Crippen molar-refractivity contribution in [1.82, 2.24) is 4.98 Å². The smallest absolute Gasteiger partial charge is 0.120 e. The van der Waals surface area contributed by atoms with Gasteiger partial charge in [-0.1, -0.05) is 6.08 Å². The Hall–Kier alpha value is -1.70. The van der Waals surface area contributed by atoms with Gasteiger partial charge in [-0.15, -0.1) is 6.58 Å². The van der Waals surface area contributed by atoms with Gasteiger partial charge in [-0.05, 0) is 30.7 Å². The summed E-state index contributed by atoms with van der Waals surface area (Å²) in [5.41, 5.74) is 1.14. The average molecular weight is 187 g/mol. The predicted molar refractivity (Wildman–Crippen MR) is 58.6 cm³/mol. The van der Waals surface area contributed by atoms with E-state index in [1.165, 1.54) is 5.39 Å². The van der Waals surface area contributed by atoms with E-state index in [0.717, 1.165) is 17.7 Å². The largest absolute Gasteiger partial charge is 0.493 e. The standard InChI is InChI=1S/C12H13NO/c1-2-3-8-14-11-4-5-12-10(9-11)6-7-13-12/h2,4-7,9,13H,1,3,8H2. The summed E-state index contributed by atoms with van der Waals surface area (Å²) in [6.07, 6.45) is 4.66. The fourth-order valence-electron chi connectivity index (χ4n) is 1.38. The van der Waals surface area contributed by atoms with Crippen LogP contribution in [0.4, 0.5) is 0 Å². The fraction of sp³-hybridized carbons (Fsp3) is 0.167. The van der Waals surface area contributed by atoms with Gasteiger partial charge in [-0.3, -0.25) is 0 Å². The van der Waals surface area contributed by atoms with Gasteiger partial charge in [0.05, 0.1) is 6.61 Å². The molecule has 2 aromatic rings. The van der Waals surface area contributed by atoms with Crippen molar-refractivity contribution in [1.29, 1.82) is 0 Å². The van der Waals surface area contributed by atoms with Gasteiger partial charge >= 0.3 is 0 Å². The molecule has 0 unspecified atom stereocenters. The van der Waals surface area contributed by atoms with Crippen LogP contribution in [0, 0.1) is 0 Å². The zero-order chi connectivity index (χ0) is 9.80. The van der Waals surface area contributed by atoms with E-state index in [9.17, 15) is 0 Å². The SMILES string of the molecule is C=CCCOc1ccc2[nH]ccc2c1. The lowest BCUT2D eigenvalue weighted by Gasteiger charge is -2.03. The van der Waals surface area contributed by atoms with Gasteiger partial charge in [0.2, 0.25) is 0 Å². The zero-order valence-electron chi connectivity index (χ0n) is 7.99. The van der Waals surface area contributed by atoms with Gasteiger partial charge < -0.3 is 9.72 Å². The van der Waals surface area contributed by atoms with Crippen molar-refractivity contribution in [2.45, 2.75) is 6.42 Å². The molecule has 1 aromatic carbocycles. The van der Waals surface area contributed by atoms with Crippen LogP contribution in [0.15, 0.2) is 43.1 Å². The zero-order valence-corrected chi connectivity index (χ0v) is 7.99. The Morgan fingerprint density at radius 2 is 2.29 bits per heavy atom. The highest BCUT2D eigenvalue weighted by Gasteiger charge is 1.96. The Labute approximate surface area is 83.2 Å². The minimum Gasteiger partial charge on any atom is -0.493 e. The molecular formula is C12H13NO. The molecule has 0 saturated heterocycles. The number of fused-ring (bicyclic) bond motifs is 1. The van der Waals surface area contributed by atoms with Crippen LogP contribution >= 0.6 is 0 Å². The predicted octanol–water partition coefficient (Wildman–Crippen LogP) is 3.12. The van der Waals surface area contributed by atoms with Gasteiger partial charge in [0, 0.05) is 17.1 Å². The van der Waals surface area contributed by atoms with Crippen molar-refractivity contribution < 1.29 is 4.74 Å². The maximum atomic E-state index is 5.54. The summed E-state index contributed by atoms with van der Waals surface area (Å²) in [7, 11) is 0. The number of aromatic nitrogens is 1. The number of rotatable bonds is 4. The molecule has 72 valence electrons. The summed E-state index contributed by atoms with van der Waals surface area (Å²) in [5.74, 6) is 0.916. The summed E-state index contributed by atoms with van der Waals surface area (Å²) in [5, 5.41) is 1.18. The van der Waals surface area contributed by atoms with E-state index in [2.05, 4.69) is 11.6 Å². The number of aromatic amines is 1. The first-order valence-electron chi connectivity index (χ1n) is 4.71. The Balaban J connectivity index is 2.13. The van der Waals surface area contributed by atoms with Crippen LogP contribution in [0.3, 0.4) is 0 Å². The molecule has 2 rings (SSSR count). The van der Waals surface area contributed by atoms with Crippen LogP contribution in [0.25, 0.3) is 10.9 Å². The molecule has 0 saturated carbocycles. The highest BCUT2D eigenvalue weighted by molar-refractivity contribution is 5.80. The molecule has 14 heavy (non-hydrogen) atoms. The molecule has 0 fully saturated rings. The van der Waals surface area contributed by atoms with Gasteiger partial charge in [-0.2, -0.15) is 0 Å². The number of nitrogens with one attached hydrogen (secondary N) is 1. The number of benzene rings is 1. The Bertz CT molecular complexity index is 431. The lowest BCUT2D eigenvalue weighted by molar-refractivity contribution is 0.325. The maximum Gasteiger partial charge on any atom is 0.120 e. The molecule has 0 radical (unpaired) electrons. The average Bonchev–Trinajstić information content (AvgIpc) is 2.65. The fourth-order valence-corrected chi connectivity index (χ4v) is 1.38. The third-order valence-electron chi connectivity index (χ3n) is 2.12. The number of hydrogen-bond donors (Lipinski definition) is 1. The van der Waals surface area contributed by atoms with E-state index >= 15 is 0 Å². The number of H-pyrrole nitrogens is 1. The summed E-state index contributed by atoms with van der Waals surface area (Å²) < 4.78 is 5.54. The van der Waals surface area contributed by atoms with Crippen molar-refractivity contribution in [2.75, 3.05) is 6.61 Å². The first-order valence-corrected chi connectivity index (χ1v) is 4.71. The van der Waals surface area contributed by atoms with E-state index in [0.29, 0.717) is 6.61 Å². The molecule has 0 aliphatic carbocycles. The molecule has 1 N–H and O–H groups in total. The summed E-state index contributed by atoms with van der Waals surface area (Å²) in [6.45, 7) is 4.34. The van der Waals surface area contributed by atoms with Crippen LogP contribution in [-0.4, -0.2) is 11.6 Å². The van der Waals surface area contributed by atoms with Crippen LogP contribution in [-0.2, 0) is 0 Å². The van der Waals surface area contributed by atoms with E-state index in [1.807, 2.05) is 36.5 Å². The lowest BCUT2D eigenvalue weighted by Crippen LogP contribution is -1.94. The normalized spacial score (nSPS) is 10.3. The minimum atomic E-state index is 0.694. The van der Waals surface area contributed by atoms with Crippen LogP contribution in [0.2, 0.25) is 0 Å². The van der Waals surface area contributed by atoms with E-state index < -0.39 is 0 Å². The third-order valence-corrected chi connectivity index (χ3v) is 2.12. The monoisotopic (exact) mass is 187 g/mol. The van der Waals surface area contributed by atoms with Gasteiger partial charge in [-0.25, -0.2) is 0 Å². The van der Waals surface area contributed by atoms with Crippen LogP contribution < -0.4 is 4.74 Å². The highest BCUT2D eigenvalue weighted by atomic mass is 16.5. The second-order valence-corrected chi connectivity index (χ2v) is 3.15. The molecule has 0 amide bonds. The minimum absolute atomic E-state index is 0.694. The molecule has 1 heterocycles. The molecule has 0 aliphatic heterocycles. The van der Waals surface area contributed by atoms with Crippen molar-refractivity contribution in [2.24, 2.45) is 0 Å². The molecule has 0 aliphatic rings. The highest BCUT2D eigenvalue weighted by Crippen LogP contribution is 2.19. The molecular weight excluding hydrogens is 174 g/mol. The Morgan fingerprint density at radius 3 is 3.14 bits per heavy atom. The maximum absolute atomic E-state index is 5.54. The summed E-state index contributed by atoms with van der Waals surface area (Å²) in [6, 6.07) is 8.07. The Morgan fingerprint density at radius 1 is 1.36 bits per heavy atom. The first kappa shape index (κ1) is 8.88. The van der Waals surface area contributed by atoms with Crippen molar-refractivity contribution in [3.05, 3.63) is 43.1 Å². The second-order valence-electron chi connectivity index (χ2n) is 3.15. The van der Waals surface area contributed by atoms with Gasteiger partial charge in [0.15, 0.2) is 0 Å². The van der Waals surface area contributed by atoms with E-state index in [1.54, 1.807) is 0 Å². The van der Waals surface area contributed by atoms with Crippen molar-refractivity contribution in [3.63, 3.8) is 0 Å². The quantitative estimate of drug-likeness (QED) is 0.577. The van der Waals surface area contributed by atoms with Crippen LogP contribution in [0.1, 0.15) is 6.42 Å². The summed E-state index contributed by atoms with van der Waals surface area (Å²) >= 11 is 0. The summed E-state index contributed by atoms with van der Waals surface area (Å²) in [4.78, 5) is 3.14. The third kappa shape index (κ3) is 1.79. The number of ether oxygens (including phenoxy) is 1. The molecule has 1 aromatic heterocycles. The molecule has 2 nitrogen and oxygen atoms in total. The molecule has 0 spiro atoms.